The van der Waals surface area contributed by atoms with Crippen LogP contribution in [0.5, 0.6) is 5.75 Å². The van der Waals surface area contributed by atoms with Crippen LogP contribution in [0.2, 0.25) is 5.02 Å². The fourth-order valence-corrected chi connectivity index (χ4v) is 1.98. The van der Waals surface area contributed by atoms with Crippen molar-refractivity contribution in [2.45, 2.75) is 13.8 Å². The third-order valence-corrected chi connectivity index (χ3v) is 3.25. The summed E-state index contributed by atoms with van der Waals surface area (Å²) in [5, 5.41) is 4.55. The molecular weight excluding hydrogens is 300 g/mol. The van der Waals surface area contributed by atoms with Crippen molar-refractivity contribution in [2.75, 3.05) is 6.61 Å². The number of carbonyl (C=O) groups excluding carboxylic acids is 1. The number of benzene rings is 2. The van der Waals surface area contributed by atoms with E-state index in [0.29, 0.717) is 10.8 Å². The van der Waals surface area contributed by atoms with Gasteiger partial charge in [-0.15, -0.1) is 0 Å². The second-order valence-corrected chi connectivity index (χ2v) is 5.33. The summed E-state index contributed by atoms with van der Waals surface area (Å²) in [6, 6.07) is 12.8. The van der Waals surface area contributed by atoms with Crippen LogP contribution in [0.25, 0.3) is 0 Å². The summed E-state index contributed by atoms with van der Waals surface area (Å²) >= 11 is 5.77. The maximum Gasteiger partial charge on any atom is 0.277 e. The van der Waals surface area contributed by atoms with Crippen molar-refractivity contribution >= 4 is 23.7 Å². The first-order chi connectivity index (χ1) is 10.5. The van der Waals surface area contributed by atoms with Gasteiger partial charge in [0.15, 0.2) is 6.61 Å². The van der Waals surface area contributed by atoms with Gasteiger partial charge in [-0.2, -0.15) is 5.10 Å². The Bertz CT molecular complexity index is 682. The fraction of sp³-hybridized carbons (Fsp3) is 0.176. The predicted octanol–water partition coefficient (Wildman–Crippen LogP) is 3.49. The Kier molecular flexibility index (Phi) is 5.55. The normalized spacial score (nSPS) is 10.7. The minimum Gasteiger partial charge on any atom is -0.484 e. The molecule has 22 heavy (non-hydrogen) atoms. The van der Waals surface area contributed by atoms with Crippen molar-refractivity contribution in [3.63, 3.8) is 0 Å². The molecule has 0 atom stereocenters. The standard InChI is InChI=1S/C17H17ClN2O2/c1-12-3-4-14(13(2)9-12)10-19-20-17(21)11-22-16-7-5-15(18)6-8-16/h3-10H,11H2,1-2H3,(H,20,21)/b19-10-. The third-order valence-electron chi connectivity index (χ3n) is 3.00. The molecule has 0 fully saturated rings. The van der Waals surface area contributed by atoms with E-state index in [0.717, 1.165) is 11.1 Å². The van der Waals surface area contributed by atoms with Gasteiger partial charge in [-0.05, 0) is 49.2 Å². The number of aryl methyl sites for hydroxylation is 2. The Morgan fingerprint density at radius 2 is 1.95 bits per heavy atom. The lowest BCUT2D eigenvalue weighted by molar-refractivity contribution is -0.123. The van der Waals surface area contributed by atoms with Crippen LogP contribution >= 0.6 is 11.6 Å². The smallest absolute Gasteiger partial charge is 0.277 e. The molecule has 0 radical (unpaired) electrons. The number of nitrogens with one attached hydrogen (secondary N) is 1. The van der Waals surface area contributed by atoms with Crippen LogP contribution in [0.15, 0.2) is 47.6 Å². The van der Waals surface area contributed by atoms with E-state index in [-0.39, 0.29) is 12.5 Å². The number of ether oxygens (including phenoxy) is 1. The Hall–Kier alpha value is -2.33. The van der Waals surface area contributed by atoms with Gasteiger partial charge in [0.05, 0.1) is 6.21 Å². The van der Waals surface area contributed by atoms with Gasteiger partial charge in [-0.3, -0.25) is 4.79 Å². The summed E-state index contributed by atoms with van der Waals surface area (Å²) in [6.45, 7) is 3.93. The number of hydrogen-bond acceptors (Lipinski definition) is 3. The Morgan fingerprint density at radius 3 is 2.64 bits per heavy atom. The summed E-state index contributed by atoms with van der Waals surface area (Å²) in [6.07, 6.45) is 1.62. The lowest BCUT2D eigenvalue weighted by atomic mass is 10.1. The van der Waals surface area contributed by atoms with Crippen molar-refractivity contribution in [1.29, 1.82) is 0 Å². The van der Waals surface area contributed by atoms with Gasteiger partial charge in [-0.1, -0.05) is 35.4 Å². The van der Waals surface area contributed by atoms with Gasteiger partial charge in [0.1, 0.15) is 5.75 Å². The molecule has 1 amide bonds. The van der Waals surface area contributed by atoms with Gasteiger partial charge in [0, 0.05) is 5.02 Å². The van der Waals surface area contributed by atoms with Gasteiger partial charge < -0.3 is 4.74 Å². The van der Waals surface area contributed by atoms with Gasteiger partial charge in [0.2, 0.25) is 0 Å². The highest BCUT2D eigenvalue weighted by atomic mass is 35.5. The van der Waals surface area contributed by atoms with E-state index in [1.807, 2.05) is 26.0 Å². The number of halogens is 1. The highest BCUT2D eigenvalue weighted by Crippen LogP contribution is 2.15. The quantitative estimate of drug-likeness (QED) is 0.678. The first kappa shape index (κ1) is 16.0. The van der Waals surface area contributed by atoms with Crippen LogP contribution in [-0.4, -0.2) is 18.7 Å². The molecule has 4 nitrogen and oxygen atoms in total. The minimum absolute atomic E-state index is 0.105. The number of hydrazone groups is 1. The summed E-state index contributed by atoms with van der Waals surface area (Å²) in [5.74, 6) is 0.258. The number of nitrogens with zero attached hydrogens (tertiary/aromatic N) is 1. The van der Waals surface area contributed by atoms with Crippen molar-refractivity contribution in [3.8, 4) is 5.75 Å². The van der Waals surface area contributed by atoms with Gasteiger partial charge >= 0.3 is 0 Å². The first-order valence-electron chi connectivity index (χ1n) is 6.82. The largest absolute Gasteiger partial charge is 0.484 e. The number of hydrogen-bond donors (Lipinski definition) is 1. The molecule has 0 saturated heterocycles. The molecule has 2 aromatic carbocycles. The predicted molar refractivity (Wildman–Crippen MR) is 88.6 cm³/mol. The molecule has 114 valence electrons. The molecule has 2 rings (SSSR count). The monoisotopic (exact) mass is 316 g/mol. The second-order valence-electron chi connectivity index (χ2n) is 4.90. The van der Waals surface area contributed by atoms with Crippen molar-refractivity contribution in [1.82, 2.24) is 5.43 Å². The summed E-state index contributed by atoms with van der Waals surface area (Å²) in [4.78, 5) is 11.6. The molecule has 5 heteroatoms. The van der Waals surface area contributed by atoms with E-state index in [2.05, 4.69) is 16.6 Å². The molecule has 0 unspecified atom stereocenters. The van der Waals surface area contributed by atoms with Gasteiger partial charge in [-0.25, -0.2) is 5.43 Å². The number of rotatable bonds is 5. The van der Waals surface area contributed by atoms with E-state index in [1.54, 1.807) is 30.5 Å². The zero-order valence-electron chi connectivity index (χ0n) is 12.5. The summed E-state index contributed by atoms with van der Waals surface area (Å²) in [7, 11) is 0. The zero-order valence-corrected chi connectivity index (χ0v) is 13.2. The molecular formula is C17H17ClN2O2. The van der Waals surface area contributed by atoms with Crippen LogP contribution in [0, 0.1) is 13.8 Å². The van der Waals surface area contributed by atoms with E-state index in [1.165, 1.54) is 5.56 Å². The number of carbonyl (C=O) groups is 1. The van der Waals surface area contributed by atoms with E-state index < -0.39 is 0 Å². The highest BCUT2D eigenvalue weighted by molar-refractivity contribution is 6.30. The SMILES string of the molecule is Cc1ccc(/C=N\NC(=O)COc2ccc(Cl)cc2)c(C)c1. The molecule has 0 bridgehead atoms. The molecule has 1 N–H and O–H groups in total. The highest BCUT2D eigenvalue weighted by Gasteiger charge is 2.01. The van der Waals surface area contributed by atoms with Crippen LogP contribution in [0.4, 0.5) is 0 Å². The van der Waals surface area contributed by atoms with Crippen LogP contribution in [-0.2, 0) is 4.79 Å². The lowest BCUT2D eigenvalue weighted by Crippen LogP contribution is -2.24. The molecule has 0 aliphatic rings. The van der Waals surface area contributed by atoms with E-state index in [4.69, 9.17) is 16.3 Å². The molecule has 0 aliphatic carbocycles. The third kappa shape index (κ3) is 4.90. The zero-order chi connectivity index (χ0) is 15.9. The summed E-state index contributed by atoms with van der Waals surface area (Å²) in [5.41, 5.74) is 5.69. The fourth-order valence-electron chi connectivity index (χ4n) is 1.86. The molecule has 0 saturated carbocycles. The lowest BCUT2D eigenvalue weighted by Gasteiger charge is -2.05. The van der Waals surface area contributed by atoms with Crippen molar-refractivity contribution in [2.24, 2.45) is 5.10 Å². The minimum atomic E-state index is -0.323. The Balaban J connectivity index is 1.82. The molecule has 0 heterocycles. The maximum absolute atomic E-state index is 11.6. The molecule has 0 spiro atoms. The van der Waals surface area contributed by atoms with Gasteiger partial charge in [0.25, 0.3) is 5.91 Å². The van der Waals surface area contributed by atoms with Crippen LogP contribution in [0.1, 0.15) is 16.7 Å². The molecule has 0 aliphatic heterocycles. The van der Waals surface area contributed by atoms with Crippen LogP contribution in [0.3, 0.4) is 0 Å². The molecule has 2 aromatic rings. The molecule has 0 aromatic heterocycles. The average Bonchev–Trinajstić information content (AvgIpc) is 2.49. The topological polar surface area (TPSA) is 50.7 Å². The second kappa shape index (κ2) is 7.61. The van der Waals surface area contributed by atoms with Crippen molar-refractivity contribution < 1.29 is 9.53 Å². The summed E-state index contributed by atoms with van der Waals surface area (Å²) < 4.78 is 5.32. The van der Waals surface area contributed by atoms with Crippen molar-refractivity contribution in [3.05, 3.63) is 64.2 Å². The van der Waals surface area contributed by atoms with E-state index >= 15 is 0 Å². The maximum atomic E-state index is 11.6. The Morgan fingerprint density at radius 1 is 1.23 bits per heavy atom. The Labute approximate surface area is 134 Å². The van der Waals surface area contributed by atoms with E-state index in [9.17, 15) is 4.79 Å². The number of amides is 1. The average molecular weight is 317 g/mol. The van der Waals surface area contributed by atoms with Crippen LogP contribution < -0.4 is 10.2 Å². The first-order valence-corrected chi connectivity index (χ1v) is 7.20.